The first-order valence-corrected chi connectivity index (χ1v) is 4.78. The highest BCUT2D eigenvalue weighted by molar-refractivity contribution is 5.88. The predicted octanol–water partition coefficient (Wildman–Crippen LogP) is 0.981. The van der Waals surface area contributed by atoms with E-state index in [2.05, 4.69) is 10.3 Å². The monoisotopic (exact) mass is 208 g/mol. The molecule has 2 N–H and O–H groups in total. The fourth-order valence-corrected chi connectivity index (χ4v) is 1.52. The maximum atomic E-state index is 10.7. The quantitative estimate of drug-likeness (QED) is 0.774. The number of carbonyl (C=O) groups is 1. The minimum Gasteiger partial charge on any atom is -0.478 e. The normalized spacial score (nSPS) is 20.1. The summed E-state index contributed by atoms with van der Waals surface area (Å²) in [6.07, 6.45) is 3.89. The van der Waals surface area contributed by atoms with Crippen molar-refractivity contribution in [2.45, 2.75) is 12.5 Å². The summed E-state index contributed by atoms with van der Waals surface area (Å²) in [6.45, 7) is 1.42. The van der Waals surface area contributed by atoms with Gasteiger partial charge in [-0.1, -0.05) is 0 Å². The molecule has 15 heavy (non-hydrogen) atoms. The van der Waals surface area contributed by atoms with Crippen molar-refractivity contribution >= 4 is 11.7 Å². The van der Waals surface area contributed by atoms with Crippen molar-refractivity contribution in [2.24, 2.45) is 0 Å². The third-order valence-electron chi connectivity index (χ3n) is 2.29. The van der Waals surface area contributed by atoms with Gasteiger partial charge in [0.15, 0.2) is 0 Å². The Morgan fingerprint density at radius 3 is 3.13 bits per heavy atom. The molecule has 0 radical (unpaired) electrons. The van der Waals surface area contributed by atoms with Crippen LogP contribution >= 0.6 is 0 Å². The Morgan fingerprint density at radius 1 is 1.60 bits per heavy atom. The lowest BCUT2D eigenvalue weighted by atomic mass is 10.2. The molecular formula is C10H12N2O3. The first kappa shape index (κ1) is 9.92. The molecule has 1 aromatic heterocycles. The van der Waals surface area contributed by atoms with Gasteiger partial charge in [-0.2, -0.15) is 0 Å². The van der Waals surface area contributed by atoms with Gasteiger partial charge in [0, 0.05) is 19.0 Å². The zero-order chi connectivity index (χ0) is 10.7. The molecule has 1 aromatic rings. The van der Waals surface area contributed by atoms with Crippen LogP contribution in [0.4, 0.5) is 5.69 Å². The lowest BCUT2D eigenvalue weighted by molar-refractivity contribution is 0.0696. The van der Waals surface area contributed by atoms with E-state index in [4.69, 9.17) is 9.84 Å². The molecular weight excluding hydrogens is 196 g/mol. The number of carboxylic acid groups (broad SMARTS) is 1. The highest BCUT2D eigenvalue weighted by Gasteiger charge is 2.15. The van der Waals surface area contributed by atoms with Crippen LogP contribution in [-0.4, -0.2) is 35.3 Å². The summed E-state index contributed by atoms with van der Waals surface area (Å²) in [5.41, 5.74) is 0.921. The number of rotatable bonds is 3. The number of hydrogen-bond acceptors (Lipinski definition) is 4. The van der Waals surface area contributed by atoms with Crippen molar-refractivity contribution < 1.29 is 14.6 Å². The topological polar surface area (TPSA) is 71.5 Å². The Hall–Kier alpha value is -1.62. The SMILES string of the molecule is O=C(O)c1cncc(NC2CCOC2)c1. The third kappa shape index (κ3) is 2.44. The summed E-state index contributed by atoms with van der Waals surface area (Å²) in [6, 6.07) is 1.84. The number of anilines is 1. The fourth-order valence-electron chi connectivity index (χ4n) is 1.52. The Bertz CT molecular complexity index is 361. The van der Waals surface area contributed by atoms with Crippen LogP contribution in [0.1, 0.15) is 16.8 Å². The molecule has 5 heteroatoms. The molecule has 1 aliphatic rings. The van der Waals surface area contributed by atoms with Gasteiger partial charge in [0.2, 0.25) is 0 Å². The van der Waals surface area contributed by atoms with Gasteiger partial charge in [0.05, 0.1) is 23.9 Å². The van der Waals surface area contributed by atoms with Gasteiger partial charge in [-0.3, -0.25) is 4.98 Å². The van der Waals surface area contributed by atoms with Crippen LogP contribution in [0, 0.1) is 0 Å². The average molecular weight is 208 g/mol. The molecule has 5 nitrogen and oxygen atoms in total. The molecule has 0 aliphatic carbocycles. The van der Waals surface area contributed by atoms with Gasteiger partial charge in [-0.05, 0) is 12.5 Å². The number of hydrogen-bond donors (Lipinski definition) is 2. The molecule has 0 aromatic carbocycles. The lowest BCUT2D eigenvalue weighted by Crippen LogP contribution is -2.19. The summed E-state index contributed by atoms with van der Waals surface area (Å²) in [7, 11) is 0. The molecule has 1 aliphatic heterocycles. The molecule has 80 valence electrons. The second-order valence-electron chi connectivity index (χ2n) is 3.47. The highest BCUT2D eigenvalue weighted by atomic mass is 16.5. The molecule has 1 unspecified atom stereocenters. The van der Waals surface area contributed by atoms with Gasteiger partial charge in [-0.15, -0.1) is 0 Å². The van der Waals surface area contributed by atoms with Crippen molar-refractivity contribution in [3.8, 4) is 0 Å². The van der Waals surface area contributed by atoms with E-state index in [0.29, 0.717) is 6.61 Å². The maximum absolute atomic E-state index is 10.7. The van der Waals surface area contributed by atoms with Crippen LogP contribution in [0.15, 0.2) is 18.5 Å². The second-order valence-corrected chi connectivity index (χ2v) is 3.47. The van der Waals surface area contributed by atoms with E-state index < -0.39 is 5.97 Å². The predicted molar refractivity (Wildman–Crippen MR) is 54.0 cm³/mol. The Balaban J connectivity index is 2.07. The zero-order valence-corrected chi connectivity index (χ0v) is 8.14. The molecule has 0 spiro atoms. The van der Waals surface area contributed by atoms with Crippen LogP contribution in [0.3, 0.4) is 0 Å². The van der Waals surface area contributed by atoms with Crippen molar-refractivity contribution in [1.82, 2.24) is 4.98 Å². The van der Waals surface area contributed by atoms with Crippen LogP contribution in [0.25, 0.3) is 0 Å². The molecule has 0 amide bonds. The average Bonchev–Trinajstić information content (AvgIpc) is 2.71. The second kappa shape index (κ2) is 4.27. The first-order valence-electron chi connectivity index (χ1n) is 4.78. The van der Waals surface area contributed by atoms with Crippen LogP contribution in [0.5, 0.6) is 0 Å². The van der Waals surface area contributed by atoms with Gasteiger partial charge >= 0.3 is 5.97 Å². The van der Waals surface area contributed by atoms with Crippen LogP contribution in [-0.2, 0) is 4.74 Å². The number of aromatic nitrogens is 1. The summed E-state index contributed by atoms with van der Waals surface area (Å²) in [5, 5.41) is 12.0. The standard InChI is InChI=1S/C10H12N2O3/c13-10(14)7-3-9(5-11-4-7)12-8-1-2-15-6-8/h3-5,8,12H,1-2,6H2,(H,13,14). The largest absolute Gasteiger partial charge is 0.478 e. The van der Waals surface area contributed by atoms with E-state index in [9.17, 15) is 4.79 Å². The molecule has 0 saturated carbocycles. The van der Waals surface area contributed by atoms with Crippen molar-refractivity contribution in [3.63, 3.8) is 0 Å². The van der Waals surface area contributed by atoms with E-state index >= 15 is 0 Å². The van der Waals surface area contributed by atoms with Gasteiger partial charge < -0.3 is 15.2 Å². The molecule has 2 heterocycles. The van der Waals surface area contributed by atoms with E-state index in [1.165, 1.54) is 6.20 Å². The smallest absolute Gasteiger partial charge is 0.337 e. The fraction of sp³-hybridized carbons (Fsp3) is 0.400. The molecule has 2 rings (SSSR count). The Morgan fingerprint density at radius 2 is 2.47 bits per heavy atom. The Labute approximate surface area is 87.1 Å². The number of carboxylic acids is 1. The van der Waals surface area contributed by atoms with Crippen molar-refractivity contribution in [2.75, 3.05) is 18.5 Å². The van der Waals surface area contributed by atoms with Crippen molar-refractivity contribution in [3.05, 3.63) is 24.0 Å². The van der Waals surface area contributed by atoms with E-state index in [1.54, 1.807) is 12.3 Å². The summed E-state index contributed by atoms with van der Waals surface area (Å²) in [5.74, 6) is -0.964. The van der Waals surface area contributed by atoms with Crippen LogP contribution in [0.2, 0.25) is 0 Å². The minimum atomic E-state index is -0.964. The summed E-state index contributed by atoms with van der Waals surface area (Å²) in [4.78, 5) is 14.6. The number of ether oxygens (including phenoxy) is 1. The summed E-state index contributed by atoms with van der Waals surface area (Å²) >= 11 is 0. The molecule has 1 fully saturated rings. The number of nitrogens with zero attached hydrogens (tertiary/aromatic N) is 1. The van der Waals surface area contributed by atoms with Crippen molar-refractivity contribution in [1.29, 1.82) is 0 Å². The van der Waals surface area contributed by atoms with E-state index in [0.717, 1.165) is 18.7 Å². The molecule has 1 saturated heterocycles. The maximum Gasteiger partial charge on any atom is 0.337 e. The van der Waals surface area contributed by atoms with Crippen LogP contribution < -0.4 is 5.32 Å². The first-order chi connectivity index (χ1) is 7.25. The van der Waals surface area contributed by atoms with Gasteiger partial charge in [0.25, 0.3) is 0 Å². The highest BCUT2D eigenvalue weighted by Crippen LogP contribution is 2.14. The number of pyridine rings is 1. The molecule has 1 atom stereocenters. The lowest BCUT2D eigenvalue weighted by Gasteiger charge is -2.11. The zero-order valence-electron chi connectivity index (χ0n) is 8.14. The van der Waals surface area contributed by atoms with Gasteiger partial charge in [-0.25, -0.2) is 4.79 Å². The summed E-state index contributed by atoms with van der Waals surface area (Å²) < 4.78 is 5.21. The van der Waals surface area contributed by atoms with E-state index in [-0.39, 0.29) is 11.6 Å². The molecule has 0 bridgehead atoms. The van der Waals surface area contributed by atoms with E-state index in [1.807, 2.05) is 0 Å². The minimum absolute atomic E-state index is 0.193. The number of nitrogens with one attached hydrogen (secondary N) is 1. The van der Waals surface area contributed by atoms with Gasteiger partial charge in [0.1, 0.15) is 0 Å². The Kier molecular flexibility index (Phi) is 2.82. The third-order valence-corrected chi connectivity index (χ3v) is 2.29. The number of aromatic carboxylic acids is 1.